The Bertz CT molecular complexity index is 1660. The van der Waals surface area contributed by atoms with Gasteiger partial charge in [-0.3, -0.25) is 14.4 Å². The summed E-state index contributed by atoms with van der Waals surface area (Å²) in [6.45, 7) is 6.47. The zero-order valence-corrected chi connectivity index (χ0v) is 54.7. The largest absolute Gasteiger partial charge is 0.462 e. The summed E-state index contributed by atoms with van der Waals surface area (Å²) in [5, 5.41) is 0. The molecule has 476 valence electrons. The maximum atomic E-state index is 12.9. The second kappa shape index (κ2) is 70.6. The van der Waals surface area contributed by atoms with Gasteiger partial charge in [0.05, 0.1) is 0 Å². The van der Waals surface area contributed by atoms with Crippen molar-refractivity contribution in [3.8, 4) is 0 Å². The molecule has 1 atom stereocenters. The van der Waals surface area contributed by atoms with Crippen molar-refractivity contribution in [2.75, 3.05) is 13.2 Å². The molecule has 0 aliphatic heterocycles. The van der Waals surface area contributed by atoms with E-state index in [-0.39, 0.29) is 37.5 Å². The number of ether oxygens (including phenoxy) is 3. The lowest BCUT2D eigenvalue weighted by atomic mass is 10.0. The molecule has 0 aliphatic carbocycles. The number of allylic oxidation sites excluding steroid dienone is 18. The highest BCUT2D eigenvalue weighted by atomic mass is 16.6. The molecule has 6 heteroatoms. The van der Waals surface area contributed by atoms with Crippen LogP contribution in [0.25, 0.3) is 0 Å². The highest BCUT2D eigenvalue weighted by Gasteiger charge is 2.19. The van der Waals surface area contributed by atoms with Gasteiger partial charge in [0.1, 0.15) is 13.2 Å². The molecule has 1 unspecified atom stereocenters. The molecule has 0 aromatic rings. The molecule has 0 aromatic heterocycles. The lowest BCUT2D eigenvalue weighted by molar-refractivity contribution is -0.167. The van der Waals surface area contributed by atoms with E-state index in [1.54, 1.807) is 0 Å². The van der Waals surface area contributed by atoms with Crippen LogP contribution in [-0.4, -0.2) is 37.2 Å². The number of carbonyl (C=O) groups excluding carboxylic acids is 3. The highest BCUT2D eigenvalue weighted by Crippen LogP contribution is 2.17. The van der Waals surface area contributed by atoms with Crippen molar-refractivity contribution < 1.29 is 28.6 Å². The minimum atomic E-state index is -0.794. The quantitative estimate of drug-likeness (QED) is 0.0261. The molecule has 0 spiro atoms. The summed E-state index contributed by atoms with van der Waals surface area (Å²) in [7, 11) is 0. The maximum Gasteiger partial charge on any atom is 0.306 e. The van der Waals surface area contributed by atoms with E-state index in [0.717, 1.165) is 116 Å². The summed E-state index contributed by atoms with van der Waals surface area (Å²) in [5.41, 5.74) is 0. The third-order valence-corrected chi connectivity index (χ3v) is 15.3. The molecule has 0 aliphatic rings. The van der Waals surface area contributed by atoms with Crippen LogP contribution in [0.15, 0.2) is 109 Å². The fraction of sp³-hybridized carbons (Fsp3) is 0.727. The Labute approximate surface area is 514 Å². The number of hydrogen-bond acceptors (Lipinski definition) is 6. The van der Waals surface area contributed by atoms with Gasteiger partial charge < -0.3 is 14.2 Å². The molecule has 0 bridgehead atoms. The van der Waals surface area contributed by atoms with E-state index in [2.05, 4.69) is 130 Å². The monoisotopic (exact) mass is 1150 g/mol. The summed E-state index contributed by atoms with van der Waals surface area (Å²) < 4.78 is 16.8. The van der Waals surface area contributed by atoms with Crippen molar-refractivity contribution in [3.05, 3.63) is 109 Å². The molecular weight excluding hydrogens is 1020 g/mol. The van der Waals surface area contributed by atoms with Gasteiger partial charge in [0, 0.05) is 19.3 Å². The van der Waals surface area contributed by atoms with Crippen molar-refractivity contribution in [3.63, 3.8) is 0 Å². The Kier molecular flexibility index (Phi) is 67.2. The molecule has 0 saturated heterocycles. The van der Waals surface area contributed by atoms with Crippen LogP contribution < -0.4 is 0 Å². The van der Waals surface area contributed by atoms with Gasteiger partial charge in [-0.05, 0) is 109 Å². The molecule has 0 rings (SSSR count). The topological polar surface area (TPSA) is 78.9 Å². The second-order valence-corrected chi connectivity index (χ2v) is 23.4. The van der Waals surface area contributed by atoms with Crippen LogP contribution in [0.4, 0.5) is 0 Å². The van der Waals surface area contributed by atoms with Gasteiger partial charge in [0.25, 0.3) is 0 Å². The van der Waals surface area contributed by atoms with Crippen LogP contribution in [0.3, 0.4) is 0 Å². The first-order chi connectivity index (χ1) is 41.0. The molecule has 0 aromatic carbocycles. The Morgan fingerprint density at radius 1 is 0.253 bits per heavy atom. The van der Waals surface area contributed by atoms with E-state index in [0.29, 0.717) is 12.8 Å². The Morgan fingerprint density at radius 2 is 0.470 bits per heavy atom. The molecule has 83 heavy (non-hydrogen) atoms. The third kappa shape index (κ3) is 68.7. The predicted octanol–water partition coefficient (Wildman–Crippen LogP) is 24.6. The van der Waals surface area contributed by atoms with E-state index in [4.69, 9.17) is 14.2 Å². The Balaban J connectivity index is 4.09. The molecule has 0 N–H and O–H groups in total. The first-order valence-corrected chi connectivity index (χ1v) is 35.4. The van der Waals surface area contributed by atoms with Gasteiger partial charge in [-0.25, -0.2) is 0 Å². The standard InChI is InChI=1S/C77H132O6/c1-4-7-10-13-16-18-20-22-24-26-28-30-32-34-35-36-37-38-39-40-41-43-44-46-48-50-52-54-56-58-61-64-67-70-76(79)82-73-74(72-81-75(78)69-66-63-60-15-12-9-6-3)83-77(80)71-68-65-62-59-57-55-53-51-49-47-45-42-33-31-29-27-25-23-21-19-17-14-11-8-5-2/h8,11,17,19-20,22-23,25-26,28-29,31,42,45,49,51,55,57,74H,4-7,9-10,12-16,18,21,24,27,30,32-41,43-44,46-48,50,52-54,56,58-73H2,1-3H3/b11-8-,19-17-,22-20-,25-23-,28-26-,31-29-,45-42-,51-49-,57-55-. The number of hydrogen-bond donors (Lipinski definition) is 0. The van der Waals surface area contributed by atoms with Gasteiger partial charge in [-0.15, -0.1) is 0 Å². The summed E-state index contributed by atoms with van der Waals surface area (Å²) >= 11 is 0. The van der Waals surface area contributed by atoms with E-state index >= 15 is 0 Å². The first kappa shape index (κ1) is 79.1. The number of rotatable bonds is 64. The highest BCUT2D eigenvalue weighted by molar-refractivity contribution is 5.71. The normalized spacial score (nSPS) is 12.8. The molecular formula is C77H132O6. The van der Waals surface area contributed by atoms with Gasteiger partial charge in [0.2, 0.25) is 0 Å². The van der Waals surface area contributed by atoms with Crippen molar-refractivity contribution in [1.82, 2.24) is 0 Å². The van der Waals surface area contributed by atoms with Crippen LogP contribution in [0, 0.1) is 0 Å². The fourth-order valence-corrected chi connectivity index (χ4v) is 9.99. The van der Waals surface area contributed by atoms with E-state index in [1.165, 1.54) is 186 Å². The third-order valence-electron chi connectivity index (χ3n) is 15.3. The van der Waals surface area contributed by atoms with Crippen molar-refractivity contribution >= 4 is 17.9 Å². The van der Waals surface area contributed by atoms with Crippen molar-refractivity contribution in [2.45, 2.75) is 348 Å². The smallest absolute Gasteiger partial charge is 0.306 e. The van der Waals surface area contributed by atoms with Crippen LogP contribution in [0.1, 0.15) is 342 Å². The number of unbranched alkanes of at least 4 members (excludes halogenated alkanes) is 35. The summed E-state index contributed by atoms with van der Waals surface area (Å²) in [4.78, 5) is 38.2. The fourth-order valence-electron chi connectivity index (χ4n) is 9.99. The van der Waals surface area contributed by atoms with Crippen LogP contribution in [0.2, 0.25) is 0 Å². The average molecular weight is 1150 g/mol. The Morgan fingerprint density at radius 3 is 0.747 bits per heavy atom. The molecule has 0 fully saturated rings. The zero-order valence-electron chi connectivity index (χ0n) is 54.7. The number of esters is 3. The van der Waals surface area contributed by atoms with Crippen LogP contribution in [0.5, 0.6) is 0 Å². The van der Waals surface area contributed by atoms with Crippen LogP contribution in [-0.2, 0) is 28.6 Å². The first-order valence-electron chi connectivity index (χ1n) is 35.4. The number of carbonyl (C=O) groups is 3. The molecule has 0 amide bonds. The van der Waals surface area contributed by atoms with E-state index < -0.39 is 6.10 Å². The molecule has 6 nitrogen and oxygen atoms in total. The lowest BCUT2D eigenvalue weighted by Gasteiger charge is -2.18. The van der Waals surface area contributed by atoms with E-state index in [1.807, 2.05) is 0 Å². The minimum Gasteiger partial charge on any atom is -0.462 e. The SMILES string of the molecule is CC/C=C\C/C=C\C/C=C\C/C=C\C/C=C\C/C=C\C/C=C\CCCCCC(=O)OC(COC(=O)CCCCCCCCC)COC(=O)CCCCCCCCCCCCCCCCCCCCCCC/C=C\C/C=C\CCCCCCC. The Hall–Kier alpha value is -3.93. The maximum absolute atomic E-state index is 12.9. The van der Waals surface area contributed by atoms with Crippen LogP contribution >= 0.6 is 0 Å². The van der Waals surface area contributed by atoms with E-state index in [9.17, 15) is 14.4 Å². The minimum absolute atomic E-state index is 0.0892. The summed E-state index contributed by atoms with van der Waals surface area (Å²) in [5.74, 6) is -0.918. The second-order valence-electron chi connectivity index (χ2n) is 23.4. The molecule has 0 saturated carbocycles. The van der Waals surface area contributed by atoms with Gasteiger partial charge in [0.15, 0.2) is 6.10 Å². The van der Waals surface area contributed by atoms with Crippen molar-refractivity contribution in [2.24, 2.45) is 0 Å². The predicted molar refractivity (Wildman–Crippen MR) is 362 cm³/mol. The van der Waals surface area contributed by atoms with Gasteiger partial charge in [-0.1, -0.05) is 323 Å². The summed E-state index contributed by atoms with van der Waals surface area (Å²) in [6, 6.07) is 0. The zero-order chi connectivity index (χ0) is 59.9. The average Bonchev–Trinajstić information content (AvgIpc) is 3.50. The van der Waals surface area contributed by atoms with Crippen molar-refractivity contribution in [1.29, 1.82) is 0 Å². The lowest BCUT2D eigenvalue weighted by Crippen LogP contribution is -2.30. The van der Waals surface area contributed by atoms with Gasteiger partial charge >= 0.3 is 17.9 Å². The summed E-state index contributed by atoms with van der Waals surface area (Å²) in [6.07, 6.45) is 97.3. The molecule has 0 heterocycles. The molecule has 0 radical (unpaired) electrons. The van der Waals surface area contributed by atoms with Gasteiger partial charge in [-0.2, -0.15) is 0 Å².